The minimum absolute atomic E-state index is 0.00655. The molecule has 2 aromatic carbocycles. The summed E-state index contributed by atoms with van der Waals surface area (Å²) in [5, 5.41) is 7.67. The number of anilines is 2. The van der Waals surface area contributed by atoms with Crippen LogP contribution in [0.4, 0.5) is 20.2 Å². The number of benzene rings is 2. The van der Waals surface area contributed by atoms with E-state index in [0.29, 0.717) is 67.6 Å². The Kier molecular flexibility index (Phi) is 11.3. The van der Waals surface area contributed by atoms with E-state index in [9.17, 15) is 19.2 Å². The summed E-state index contributed by atoms with van der Waals surface area (Å²) in [5.41, 5.74) is 9.45. The Bertz CT molecular complexity index is 2800. The van der Waals surface area contributed by atoms with Crippen molar-refractivity contribution in [2.75, 3.05) is 62.2 Å². The lowest BCUT2D eigenvalue weighted by Crippen LogP contribution is -2.52. The van der Waals surface area contributed by atoms with Crippen molar-refractivity contribution in [3.05, 3.63) is 94.1 Å². The van der Waals surface area contributed by atoms with Crippen LogP contribution in [0.5, 0.6) is 0 Å². The number of piperazine rings is 1. The zero-order valence-electron chi connectivity index (χ0n) is 38.2. The number of nitrogens with zero attached hydrogens (tertiary/aromatic N) is 9. The third-order valence-electron chi connectivity index (χ3n) is 15.4. The third-order valence-corrected chi connectivity index (χ3v) is 15.4. The summed E-state index contributed by atoms with van der Waals surface area (Å²) in [6.07, 6.45) is 12.4. The highest BCUT2D eigenvalue weighted by Gasteiger charge is 2.43. The van der Waals surface area contributed by atoms with Gasteiger partial charge in [0.15, 0.2) is 6.21 Å². The first-order chi connectivity index (χ1) is 32.4. The molecule has 1 saturated carbocycles. The zero-order valence-corrected chi connectivity index (χ0v) is 38.2. The lowest BCUT2D eigenvalue weighted by atomic mass is 9.82. The van der Waals surface area contributed by atoms with Crippen molar-refractivity contribution >= 4 is 52.7 Å². The fourth-order valence-corrected chi connectivity index (χ4v) is 11.7. The summed E-state index contributed by atoms with van der Waals surface area (Å²) in [6, 6.07) is 10.9. The first-order valence-electron chi connectivity index (χ1n) is 24.1. The zero-order chi connectivity index (χ0) is 46.1. The summed E-state index contributed by atoms with van der Waals surface area (Å²) < 4.78 is 34.2. The molecule has 1 atom stereocenters. The third kappa shape index (κ3) is 8.10. The van der Waals surface area contributed by atoms with Crippen LogP contribution in [0.3, 0.4) is 0 Å². The number of amides is 4. The largest absolute Gasteiger partial charge is 0.369 e. The van der Waals surface area contributed by atoms with E-state index in [1.807, 2.05) is 52.9 Å². The number of alkyl halides is 2. The number of aromatic nitrogens is 2. The molecular formula is C51H57F2N10O4+. The molecule has 0 bridgehead atoms. The Morgan fingerprint density at radius 1 is 0.896 bits per heavy atom. The van der Waals surface area contributed by atoms with Crippen LogP contribution >= 0.6 is 0 Å². The van der Waals surface area contributed by atoms with E-state index < -0.39 is 18.4 Å². The molecule has 2 aromatic heterocycles. The fraction of sp³-hybridized carbons (Fsp3) is 0.471. The summed E-state index contributed by atoms with van der Waals surface area (Å²) in [4.78, 5) is 65.2. The molecule has 6 aliphatic heterocycles. The van der Waals surface area contributed by atoms with Gasteiger partial charge in [-0.15, -0.1) is 0 Å². The van der Waals surface area contributed by atoms with Gasteiger partial charge < -0.3 is 24.0 Å². The van der Waals surface area contributed by atoms with Crippen molar-refractivity contribution in [2.24, 2.45) is 16.9 Å². The molecule has 0 radical (unpaired) electrons. The summed E-state index contributed by atoms with van der Waals surface area (Å²) >= 11 is 0. The summed E-state index contributed by atoms with van der Waals surface area (Å²) in [6.45, 7) is 10.4. The maximum absolute atomic E-state index is 15.1. The maximum Gasteiger partial charge on any atom is 0.264 e. The smallest absolute Gasteiger partial charge is 0.264 e. The van der Waals surface area contributed by atoms with Crippen molar-refractivity contribution < 1.29 is 32.6 Å². The van der Waals surface area contributed by atoms with Gasteiger partial charge in [-0.1, -0.05) is 4.68 Å². The molecule has 11 rings (SSSR count). The number of fused-ring (bicyclic) bond motifs is 3. The topological polar surface area (TPSA) is 129 Å². The molecule has 1 unspecified atom stereocenters. The number of hydrogen-bond acceptors (Lipinski definition) is 9. The summed E-state index contributed by atoms with van der Waals surface area (Å²) in [5.74, 6) is 0.909. The number of hydrogen-bond donors (Lipinski definition) is 1. The van der Waals surface area contributed by atoms with E-state index in [1.54, 1.807) is 24.1 Å². The van der Waals surface area contributed by atoms with Crippen LogP contribution in [0.25, 0.3) is 16.8 Å². The minimum atomic E-state index is -2.68. The number of nitrogens with one attached hydrogen (secondary N) is 1. The van der Waals surface area contributed by atoms with Crippen molar-refractivity contribution in [1.29, 1.82) is 0 Å². The number of imidazole rings is 1. The molecule has 16 heteroatoms. The van der Waals surface area contributed by atoms with Gasteiger partial charge in [-0.2, -0.15) is 0 Å². The van der Waals surface area contributed by atoms with Crippen LogP contribution in [-0.2, 0) is 27.3 Å². The van der Waals surface area contributed by atoms with Crippen LogP contribution in [0.15, 0.2) is 71.4 Å². The number of piperidine rings is 1. The quantitative estimate of drug-likeness (QED) is 0.169. The van der Waals surface area contributed by atoms with E-state index in [2.05, 4.69) is 42.0 Å². The number of hydrazone groups is 1. The van der Waals surface area contributed by atoms with Crippen molar-refractivity contribution in [1.82, 2.24) is 29.4 Å². The monoisotopic (exact) mass is 911 g/mol. The molecule has 3 fully saturated rings. The van der Waals surface area contributed by atoms with Crippen molar-refractivity contribution in [3.63, 3.8) is 0 Å². The molecule has 1 aliphatic carbocycles. The van der Waals surface area contributed by atoms with Crippen molar-refractivity contribution in [2.45, 2.75) is 90.6 Å². The molecule has 8 heterocycles. The van der Waals surface area contributed by atoms with E-state index >= 15 is 8.78 Å². The normalized spacial score (nSPS) is 24.2. The first-order valence-corrected chi connectivity index (χ1v) is 24.1. The van der Waals surface area contributed by atoms with Crippen LogP contribution < -0.4 is 15.1 Å². The Labute approximate surface area is 388 Å². The average Bonchev–Trinajstić information content (AvgIpc) is 4.03. The van der Waals surface area contributed by atoms with Gasteiger partial charge in [-0.3, -0.25) is 29.4 Å². The van der Waals surface area contributed by atoms with Gasteiger partial charge >= 0.3 is 0 Å². The number of rotatable bonds is 7. The molecule has 4 aromatic rings. The number of aryl methyl sites for hydroxylation is 2. The average molecular weight is 912 g/mol. The molecule has 7 aliphatic rings. The van der Waals surface area contributed by atoms with Crippen molar-refractivity contribution in [3.8, 4) is 11.1 Å². The molecule has 4 amide bonds. The van der Waals surface area contributed by atoms with Crippen LogP contribution in [0, 0.1) is 18.8 Å². The number of carbonyl (C=O) groups excluding carboxylic acids is 4. The lowest BCUT2D eigenvalue weighted by Gasteiger charge is -2.38. The second-order valence-electron chi connectivity index (χ2n) is 19.5. The Balaban J connectivity index is 0.755. The van der Waals surface area contributed by atoms with E-state index in [1.165, 1.54) is 0 Å². The SMILES string of the molecule is CC(=O)N1CCC2=C(C1)C(N1CCCc3cc(-c4cc5nccn5cc4C)c(C(F)F)cc31)=N/[N+]2=C/C1CCC(CN2CCN(c3ccc4c(c3)CN(C3CCC(=O)NC3=O)C4=O)CC2)CC1. The van der Waals surface area contributed by atoms with E-state index in [-0.39, 0.29) is 29.7 Å². The van der Waals surface area contributed by atoms with Gasteiger partial charge in [0.2, 0.25) is 29.3 Å². The highest BCUT2D eigenvalue weighted by Crippen LogP contribution is 2.42. The molecule has 348 valence electrons. The molecule has 0 spiro atoms. The molecular weight excluding hydrogens is 855 g/mol. The molecule has 67 heavy (non-hydrogen) atoms. The van der Waals surface area contributed by atoms with Gasteiger partial charge in [0.05, 0.1) is 18.5 Å². The van der Waals surface area contributed by atoms with E-state index in [4.69, 9.17) is 5.10 Å². The number of carbonyl (C=O) groups is 4. The highest BCUT2D eigenvalue weighted by atomic mass is 19.3. The van der Waals surface area contributed by atoms with Gasteiger partial charge in [-0.25, -0.2) is 13.8 Å². The summed E-state index contributed by atoms with van der Waals surface area (Å²) in [7, 11) is 0. The Morgan fingerprint density at radius 3 is 2.49 bits per heavy atom. The molecule has 1 N–H and O–H groups in total. The van der Waals surface area contributed by atoms with Gasteiger partial charge in [-0.05, 0) is 122 Å². The van der Waals surface area contributed by atoms with Crippen LogP contribution in [0.2, 0.25) is 0 Å². The van der Waals surface area contributed by atoms with Gasteiger partial charge in [0, 0.05) is 118 Å². The first kappa shape index (κ1) is 43.3. The van der Waals surface area contributed by atoms with Gasteiger partial charge in [0.25, 0.3) is 12.3 Å². The van der Waals surface area contributed by atoms with Crippen LogP contribution in [0.1, 0.15) is 97.3 Å². The minimum Gasteiger partial charge on any atom is -0.369 e. The number of pyridine rings is 1. The maximum atomic E-state index is 15.1. The predicted octanol–water partition coefficient (Wildman–Crippen LogP) is 6.31. The Morgan fingerprint density at radius 2 is 1.72 bits per heavy atom. The standard InChI is InChI=1S/C51H56F2N10O4/c1-31-26-60-17-14-54-46(60)25-39(31)40-23-35-4-3-15-61(45(35)24-41(40)48(52)53)49-42-30-59(32(2)64)16-13-43(42)63(56-49)28-34-7-5-33(6-8-34)27-57-18-20-58(21-19-57)37-9-10-38-36(22-37)29-62(51(38)67)44-11-12-47(65)55-50(44)66/h9-10,14,17,22-26,28,33-34,44,48H,3-8,11-13,15-16,18-21,27,29-30H2,1-2H3/p+1/b63-28+. The van der Waals surface area contributed by atoms with Gasteiger partial charge in [0.1, 0.15) is 11.7 Å². The van der Waals surface area contributed by atoms with E-state index in [0.717, 1.165) is 122 Å². The molecule has 14 nitrogen and oxygen atoms in total. The number of amidine groups is 1. The lowest BCUT2D eigenvalue weighted by molar-refractivity contribution is -0.479. The number of imide groups is 1. The fourth-order valence-electron chi connectivity index (χ4n) is 11.7. The Hall–Kier alpha value is -6.29. The predicted molar refractivity (Wildman–Crippen MR) is 250 cm³/mol. The second kappa shape index (κ2) is 17.4. The molecule has 2 saturated heterocycles. The second-order valence-corrected chi connectivity index (χ2v) is 19.5. The number of halogens is 2. The highest BCUT2D eigenvalue weighted by molar-refractivity contribution is 6.12. The van der Waals surface area contributed by atoms with Crippen LogP contribution in [-0.4, -0.2) is 123 Å².